The van der Waals surface area contributed by atoms with Crippen LogP contribution in [0, 0.1) is 5.82 Å². The SMILES string of the molecule is CCCCn1nc(C(=O)NCC(C)(O)c2ccc(F)cc2)ccc1=O. The van der Waals surface area contributed by atoms with Gasteiger partial charge in [-0.2, -0.15) is 5.10 Å². The van der Waals surface area contributed by atoms with E-state index >= 15 is 0 Å². The predicted octanol–water partition coefficient (Wildman–Crippen LogP) is 1.82. The predicted molar refractivity (Wildman–Crippen MR) is 91.7 cm³/mol. The molecule has 0 saturated carbocycles. The van der Waals surface area contributed by atoms with E-state index in [-0.39, 0.29) is 17.8 Å². The molecule has 2 rings (SSSR count). The van der Waals surface area contributed by atoms with Gasteiger partial charge in [-0.25, -0.2) is 9.07 Å². The number of aryl methyl sites for hydroxylation is 1. The van der Waals surface area contributed by atoms with Crippen molar-refractivity contribution in [2.24, 2.45) is 0 Å². The van der Waals surface area contributed by atoms with Crippen LogP contribution in [0.2, 0.25) is 0 Å². The summed E-state index contributed by atoms with van der Waals surface area (Å²) in [5.41, 5.74) is -1.04. The van der Waals surface area contributed by atoms with Crippen LogP contribution in [-0.4, -0.2) is 27.3 Å². The number of unbranched alkanes of at least 4 members (excludes halogenated alkanes) is 1. The lowest BCUT2D eigenvalue weighted by Gasteiger charge is -2.24. The lowest BCUT2D eigenvalue weighted by molar-refractivity contribution is 0.0524. The first-order valence-electron chi connectivity index (χ1n) is 8.18. The van der Waals surface area contributed by atoms with Crippen molar-refractivity contribution in [2.45, 2.75) is 38.8 Å². The first kappa shape index (κ1) is 18.8. The standard InChI is InChI=1S/C18H22FN3O3/c1-3-4-11-22-16(23)10-9-15(21-22)17(24)20-12-18(2,25)13-5-7-14(19)8-6-13/h5-10,25H,3-4,11-12H2,1-2H3,(H,20,24). The average molecular weight is 347 g/mol. The summed E-state index contributed by atoms with van der Waals surface area (Å²) in [4.78, 5) is 24.0. The Kier molecular flexibility index (Phi) is 6.03. The zero-order valence-corrected chi connectivity index (χ0v) is 14.3. The van der Waals surface area contributed by atoms with E-state index in [4.69, 9.17) is 0 Å². The highest BCUT2D eigenvalue weighted by molar-refractivity contribution is 5.92. The van der Waals surface area contributed by atoms with Crippen LogP contribution in [0.5, 0.6) is 0 Å². The maximum Gasteiger partial charge on any atom is 0.271 e. The van der Waals surface area contributed by atoms with Crippen molar-refractivity contribution in [1.82, 2.24) is 15.1 Å². The number of rotatable bonds is 7. The van der Waals surface area contributed by atoms with Crippen molar-refractivity contribution < 1.29 is 14.3 Å². The summed E-state index contributed by atoms with van der Waals surface area (Å²) in [7, 11) is 0. The maximum absolute atomic E-state index is 13.0. The van der Waals surface area contributed by atoms with Crippen molar-refractivity contribution >= 4 is 5.91 Å². The Labute approximate surface area is 145 Å². The Hall–Kier alpha value is -2.54. The topological polar surface area (TPSA) is 84.2 Å². The molecule has 1 aromatic carbocycles. The second-order valence-corrected chi connectivity index (χ2v) is 6.10. The second kappa shape index (κ2) is 8.02. The number of amides is 1. The van der Waals surface area contributed by atoms with E-state index in [1.807, 2.05) is 6.92 Å². The molecule has 0 radical (unpaired) electrons. The van der Waals surface area contributed by atoms with Gasteiger partial charge in [-0.05, 0) is 37.1 Å². The van der Waals surface area contributed by atoms with Crippen molar-refractivity contribution in [3.8, 4) is 0 Å². The van der Waals surface area contributed by atoms with Crippen LogP contribution in [0.25, 0.3) is 0 Å². The fourth-order valence-electron chi connectivity index (χ4n) is 2.29. The van der Waals surface area contributed by atoms with E-state index < -0.39 is 17.3 Å². The molecule has 25 heavy (non-hydrogen) atoms. The summed E-state index contributed by atoms with van der Waals surface area (Å²) >= 11 is 0. The quantitative estimate of drug-likeness (QED) is 0.800. The van der Waals surface area contributed by atoms with Crippen molar-refractivity contribution in [2.75, 3.05) is 6.54 Å². The van der Waals surface area contributed by atoms with Gasteiger partial charge in [0.25, 0.3) is 11.5 Å². The molecule has 1 aromatic heterocycles. The van der Waals surface area contributed by atoms with E-state index in [0.717, 1.165) is 12.8 Å². The molecule has 2 aromatic rings. The van der Waals surface area contributed by atoms with Gasteiger partial charge in [-0.1, -0.05) is 25.5 Å². The molecule has 1 atom stereocenters. The minimum Gasteiger partial charge on any atom is -0.384 e. The molecule has 0 aliphatic rings. The van der Waals surface area contributed by atoms with Gasteiger partial charge >= 0.3 is 0 Å². The number of hydrogen-bond acceptors (Lipinski definition) is 4. The molecular weight excluding hydrogens is 325 g/mol. The zero-order valence-electron chi connectivity index (χ0n) is 14.3. The molecule has 0 aliphatic heterocycles. The molecule has 134 valence electrons. The van der Waals surface area contributed by atoms with Crippen molar-refractivity contribution in [3.63, 3.8) is 0 Å². The van der Waals surface area contributed by atoms with Gasteiger partial charge in [0.15, 0.2) is 0 Å². The maximum atomic E-state index is 13.0. The Morgan fingerprint density at radius 1 is 1.28 bits per heavy atom. The lowest BCUT2D eigenvalue weighted by Crippen LogP contribution is -2.39. The van der Waals surface area contributed by atoms with Gasteiger partial charge in [-0.3, -0.25) is 9.59 Å². The van der Waals surface area contributed by atoms with Gasteiger partial charge in [0.1, 0.15) is 17.1 Å². The summed E-state index contributed by atoms with van der Waals surface area (Å²) in [5.74, 6) is -0.894. The summed E-state index contributed by atoms with van der Waals surface area (Å²) in [6.07, 6.45) is 1.70. The van der Waals surface area contributed by atoms with Crippen LogP contribution < -0.4 is 10.9 Å². The number of nitrogens with zero attached hydrogens (tertiary/aromatic N) is 2. The molecule has 0 fully saturated rings. The van der Waals surface area contributed by atoms with E-state index in [9.17, 15) is 19.1 Å². The third kappa shape index (κ3) is 4.96. The largest absolute Gasteiger partial charge is 0.384 e. The number of carbonyl (C=O) groups excluding carboxylic acids is 1. The average Bonchev–Trinajstić information content (AvgIpc) is 2.59. The fraction of sp³-hybridized carbons (Fsp3) is 0.389. The molecule has 0 aliphatic carbocycles. The third-order valence-electron chi connectivity index (χ3n) is 3.88. The van der Waals surface area contributed by atoms with Gasteiger partial charge in [0.2, 0.25) is 0 Å². The molecule has 0 bridgehead atoms. The van der Waals surface area contributed by atoms with Crippen LogP contribution in [0.1, 0.15) is 42.7 Å². The summed E-state index contributed by atoms with van der Waals surface area (Å²) in [6.45, 7) is 3.90. The Morgan fingerprint density at radius 2 is 1.96 bits per heavy atom. The van der Waals surface area contributed by atoms with Crippen molar-refractivity contribution in [3.05, 3.63) is 63.8 Å². The van der Waals surface area contributed by atoms with E-state index in [0.29, 0.717) is 12.1 Å². The first-order valence-corrected chi connectivity index (χ1v) is 8.18. The van der Waals surface area contributed by atoms with Crippen LogP contribution >= 0.6 is 0 Å². The smallest absolute Gasteiger partial charge is 0.271 e. The highest BCUT2D eigenvalue weighted by Crippen LogP contribution is 2.19. The van der Waals surface area contributed by atoms with Crippen LogP contribution in [-0.2, 0) is 12.1 Å². The molecule has 1 amide bonds. The number of aliphatic hydroxyl groups is 1. The molecule has 1 unspecified atom stereocenters. The Morgan fingerprint density at radius 3 is 2.60 bits per heavy atom. The molecule has 0 saturated heterocycles. The van der Waals surface area contributed by atoms with Crippen molar-refractivity contribution in [1.29, 1.82) is 0 Å². The highest BCUT2D eigenvalue weighted by atomic mass is 19.1. The van der Waals surface area contributed by atoms with Crippen LogP contribution in [0.15, 0.2) is 41.2 Å². The second-order valence-electron chi connectivity index (χ2n) is 6.10. The van der Waals surface area contributed by atoms with E-state index in [1.54, 1.807) is 0 Å². The van der Waals surface area contributed by atoms with Crippen LogP contribution in [0.4, 0.5) is 4.39 Å². The fourth-order valence-corrected chi connectivity index (χ4v) is 2.29. The third-order valence-corrected chi connectivity index (χ3v) is 3.88. The van der Waals surface area contributed by atoms with Gasteiger partial charge in [-0.15, -0.1) is 0 Å². The van der Waals surface area contributed by atoms with E-state index in [2.05, 4.69) is 10.4 Å². The molecule has 1 heterocycles. The number of hydrogen-bond donors (Lipinski definition) is 2. The van der Waals surface area contributed by atoms with Gasteiger partial charge < -0.3 is 10.4 Å². The normalized spacial score (nSPS) is 13.3. The number of nitrogens with one attached hydrogen (secondary N) is 1. The number of carbonyl (C=O) groups is 1. The lowest BCUT2D eigenvalue weighted by atomic mass is 9.96. The Balaban J connectivity index is 2.06. The molecule has 6 nitrogen and oxygen atoms in total. The summed E-state index contributed by atoms with van der Waals surface area (Å²) in [5, 5.41) is 17.1. The van der Waals surface area contributed by atoms with Gasteiger partial charge in [0.05, 0.1) is 6.54 Å². The Bertz CT molecular complexity index is 785. The minimum atomic E-state index is -1.36. The molecule has 0 spiro atoms. The van der Waals surface area contributed by atoms with E-state index in [1.165, 1.54) is 48.0 Å². The first-order chi connectivity index (χ1) is 11.8. The van der Waals surface area contributed by atoms with Crippen LogP contribution in [0.3, 0.4) is 0 Å². The summed E-state index contributed by atoms with van der Waals surface area (Å²) < 4.78 is 14.2. The summed E-state index contributed by atoms with van der Waals surface area (Å²) in [6, 6.07) is 8.07. The number of benzene rings is 1. The number of aromatic nitrogens is 2. The van der Waals surface area contributed by atoms with Gasteiger partial charge in [0, 0.05) is 12.6 Å². The number of halogens is 1. The monoisotopic (exact) mass is 347 g/mol. The molecule has 7 heteroatoms. The highest BCUT2D eigenvalue weighted by Gasteiger charge is 2.24. The molecular formula is C18H22FN3O3. The zero-order chi connectivity index (χ0) is 18.4. The minimum absolute atomic E-state index is 0.0762. The molecule has 2 N–H and O–H groups in total.